The zero-order valence-electron chi connectivity index (χ0n) is 16.9. The van der Waals surface area contributed by atoms with Crippen LogP contribution in [0.15, 0.2) is 51.9 Å². The second-order valence-corrected chi connectivity index (χ2v) is 8.03. The standard InChI is InChI=1S/C20H19N3O7S/c1-13-20(23(24)25)19(30-21-13)9-6-14-4-7-18(8-5-14)31(26,27)22-15-10-16(28-2)12-17(11-15)29-3/h4-12,22H,1-3H3. The van der Waals surface area contributed by atoms with Crippen LogP contribution < -0.4 is 14.2 Å². The Morgan fingerprint density at radius 2 is 1.68 bits per heavy atom. The van der Waals surface area contributed by atoms with Crippen LogP contribution in [0.1, 0.15) is 17.0 Å². The largest absolute Gasteiger partial charge is 0.497 e. The molecule has 0 radical (unpaired) electrons. The second kappa shape index (κ2) is 8.88. The number of methoxy groups -OCH3 is 2. The molecule has 0 aliphatic heterocycles. The monoisotopic (exact) mass is 445 g/mol. The molecule has 3 aromatic rings. The average Bonchev–Trinajstić information content (AvgIpc) is 3.12. The minimum atomic E-state index is -3.86. The molecule has 11 heteroatoms. The first-order valence-electron chi connectivity index (χ1n) is 8.88. The van der Waals surface area contributed by atoms with Gasteiger partial charge in [-0.2, -0.15) is 0 Å². The van der Waals surface area contributed by atoms with E-state index >= 15 is 0 Å². The Kier molecular flexibility index (Phi) is 6.25. The Hall–Kier alpha value is -3.86. The number of aromatic nitrogens is 1. The Bertz CT molecular complexity index is 1210. The molecule has 10 nitrogen and oxygen atoms in total. The third-order valence-corrected chi connectivity index (χ3v) is 5.66. The first-order valence-corrected chi connectivity index (χ1v) is 10.4. The number of nitrogens with zero attached hydrogens (tertiary/aromatic N) is 2. The summed E-state index contributed by atoms with van der Waals surface area (Å²) < 4.78 is 43.1. The van der Waals surface area contributed by atoms with Crippen LogP contribution in [0.25, 0.3) is 12.2 Å². The van der Waals surface area contributed by atoms with E-state index in [1.807, 2.05) is 0 Å². The van der Waals surface area contributed by atoms with Gasteiger partial charge in [0.2, 0.25) is 5.76 Å². The van der Waals surface area contributed by atoms with Crippen molar-refractivity contribution in [3.63, 3.8) is 0 Å². The van der Waals surface area contributed by atoms with Crippen LogP contribution in [0, 0.1) is 17.0 Å². The molecule has 0 saturated heterocycles. The molecule has 0 aliphatic rings. The number of rotatable bonds is 8. The smallest absolute Gasteiger partial charge is 0.338 e. The van der Waals surface area contributed by atoms with Crippen molar-refractivity contribution in [3.05, 3.63) is 69.6 Å². The fourth-order valence-corrected chi connectivity index (χ4v) is 3.76. The van der Waals surface area contributed by atoms with Crippen LogP contribution in [0.3, 0.4) is 0 Å². The molecule has 0 aliphatic carbocycles. The summed E-state index contributed by atoms with van der Waals surface area (Å²) in [5, 5.41) is 14.7. The van der Waals surface area contributed by atoms with Crippen molar-refractivity contribution in [3.8, 4) is 11.5 Å². The van der Waals surface area contributed by atoms with Gasteiger partial charge in [0.15, 0.2) is 5.69 Å². The molecular formula is C20H19N3O7S. The quantitative estimate of drug-likeness (QED) is 0.408. The third-order valence-electron chi connectivity index (χ3n) is 4.26. The molecule has 0 unspecified atom stereocenters. The Balaban J connectivity index is 1.80. The van der Waals surface area contributed by atoms with Crippen LogP contribution in [0.4, 0.5) is 11.4 Å². The van der Waals surface area contributed by atoms with Crippen molar-refractivity contribution >= 4 is 33.6 Å². The molecule has 3 rings (SSSR count). The number of nitro groups is 1. The van der Waals surface area contributed by atoms with E-state index in [1.165, 1.54) is 51.5 Å². The highest BCUT2D eigenvalue weighted by Crippen LogP contribution is 2.28. The van der Waals surface area contributed by atoms with Crippen molar-refractivity contribution in [2.24, 2.45) is 0 Å². The summed E-state index contributed by atoms with van der Waals surface area (Å²) in [5.74, 6) is 0.886. The third kappa shape index (κ3) is 5.01. The molecular weight excluding hydrogens is 426 g/mol. The molecule has 2 aromatic carbocycles. The maximum absolute atomic E-state index is 12.7. The van der Waals surface area contributed by atoms with E-state index in [4.69, 9.17) is 14.0 Å². The van der Waals surface area contributed by atoms with Crippen LogP contribution in [0.2, 0.25) is 0 Å². The summed E-state index contributed by atoms with van der Waals surface area (Å²) >= 11 is 0. The maximum atomic E-state index is 12.7. The van der Waals surface area contributed by atoms with Crippen LogP contribution in [-0.2, 0) is 10.0 Å². The number of hydrogen-bond donors (Lipinski definition) is 1. The van der Waals surface area contributed by atoms with Gasteiger partial charge < -0.3 is 14.0 Å². The average molecular weight is 445 g/mol. The minimum Gasteiger partial charge on any atom is -0.497 e. The van der Waals surface area contributed by atoms with E-state index in [0.29, 0.717) is 17.1 Å². The summed E-state index contributed by atoms with van der Waals surface area (Å²) in [6, 6.07) is 10.6. The van der Waals surface area contributed by atoms with Crippen molar-refractivity contribution < 1.29 is 27.3 Å². The van der Waals surface area contributed by atoms with Crippen molar-refractivity contribution in [1.82, 2.24) is 5.16 Å². The Morgan fingerprint density at radius 3 is 2.23 bits per heavy atom. The van der Waals surface area contributed by atoms with E-state index in [0.717, 1.165) is 0 Å². The summed E-state index contributed by atoms with van der Waals surface area (Å²) in [5.41, 5.74) is 0.859. The highest BCUT2D eigenvalue weighted by atomic mass is 32.2. The number of benzene rings is 2. The lowest BCUT2D eigenvalue weighted by atomic mass is 10.2. The first kappa shape index (κ1) is 21.8. The van der Waals surface area contributed by atoms with Gasteiger partial charge in [0, 0.05) is 18.2 Å². The first-order chi connectivity index (χ1) is 14.7. The van der Waals surface area contributed by atoms with Gasteiger partial charge in [-0.1, -0.05) is 23.4 Å². The van der Waals surface area contributed by atoms with Crippen LogP contribution in [0.5, 0.6) is 11.5 Å². The zero-order valence-corrected chi connectivity index (χ0v) is 17.7. The van der Waals surface area contributed by atoms with Crippen molar-refractivity contribution in [2.75, 3.05) is 18.9 Å². The summed E-state index contributed by atoms with van der Waals surface area (Å²) in [7, 11) is -0.932. The summed E-state index contributed by atoms with van der Waals surface area (Å²) in [4.78, 5) is 10.5. The minimum absolute atomic E-state index is 0.00726. The molecule has 0 amide bonds. The number of ether oxygens (including phenoxy) is 2. The van der Waals surface area contributed by atoms with E-state index in [1.54, 1.807) is 24.3 Å². The van der Waals surface area contributed by atoms with Gasteiger partial charge in [-0.05, 0) is 30.7 Å². The topological polar surface area (TPSA) is 134 Å². The predicted octanol–water partition coefficient (Wildman–Crippen LogP) is 3.88. The number of aryl methyl sites for hydroxylation is 1. The molecule has 0 fully saturated rings. The molecule has 1 N–H and O–H groups in total. The van der Waals surface area contributed by atoms with Crippen LogP contribution >= 0.6 is 0 Å². The van der Waals surface area contributed by atoms with E-state index < -0.39 is 14.9 Å². The van der Waals surface area contributed by atoms with Crippen LogP contribution in [-0.4, -0.2) is 32.7 Å². The molecule has 162 valence electrons. The fraction of sp³-hybridized carbons (Fsp3) is 0.150. The van der Waals surface area contributed by atoms with Gasteiger partial charge in [0.25, 0.3) is 10.0 Å². The molecule has 0 spiro atoms. The number of hydrogen-bond acceptors (Lipinski definition) is 8. The van der Waals surface area contributed by atoms with E-state index in [9.17, 15) is 18.5 Å². The molecule has 0 atom stereocenters. The maximum Gasteiger partial charge on any atom is 0.338 e. The highest BCUT2D eigenvalue weighted by molar-refractivity contribution is 7.92. The number of anilines is 1. The summed E-state index contributed by atoms with van der Waals surface area (Å²) in [6.07, 6.45) is 2.96. The SMILES string of the molecule is COc1cc(NS(=O)(=O)c2ccc(C=Cc3onc(C)c3[N+](=O)[O-])cc2)cc(OC)c1. The normalized spacial score (nSPS) is 11.5. The highest BCUT2D eigenvalue weighted by Gasteiger charge is 2.22. The Morgan fingerprint density at radius 1 is 1.06 bits per heavy atom. The Labute approximate surface area is 178 Å². The number of sulfonamides is 1. The molecule has 31 heavy (non-hydrogen) atoms. The van der Waals surface area contributed by atoms with Gasteiger partial charge >= 0.3 is 5.69 Å². The lowest BCUT2D eigenvalue weighted by Gasteiger charge is -2.11. The lowest BCUT2D eigenvalue weighted by Crippen LogP contribution is -2.13. The van der Waals surface area contributed by atoms with E-state index in [2.05, 4.69) is 9.88 Å². The molecule has 1 heterocycles. The van der Waals surface area contributed by atoms with Gasteiger partial charge in [0.1, 0.15) is 11.5 Å². The van der Waals surface area contributed by atoms with Gasteiger partial charge in [0.05, 0.1) is 29.7 Å². The lowest BCUT2D eigenvalue weighted by molar-refractivity contribution is -0.386. The number of nitrogens with one attached hydrogen (secondary N) is 1. The molecule has 0 bridgehead atoms. The summed E-state index contributed by atoms with van der Waals surface area (Å²) in [6.45, 7) is 1.48. The van der Waals surface area contributed by atoms with Crippen molar-refractivity contribution in [2.45, 2.75) is 11.8 Å². The predicted molar refractivity (Wildman–Crippen MR) is 114 cm³/mol. The van der Waals surface area contributed by atoms with Gasteiger partial charge in [-0.3, -0.25) is 14.8 Å². The zero-order chi connectivity index (χ0) is 22.6. The molecule has 1 aromatic heterocycles. The molecule has 0 saturated carbocycles. The fourth-order valence-electron chi connectivity index (χ4n) is 2.72. The van der Waals surface area contributed by atoms with Gasteiger partial charge in [-0.15, -0.1) is 0 Å². The van der Waals surface area contributed by atoms with Crippen molar-refractivity contribution in [1.29, 1.82) is 0 Å². The van der Waals surface area contributed by atoms with E-state index in [-0.39, 0.29) is 27.7 Å². The van der Waals surface area contributed by atoms with Gasteiger partial charge in [-0.25, -0.2) is 8.42 Å². The second-order valence-electron chi connectivity index (χ2n) is 6.35.